The molecular weight excluding hydrogens is 336 g/mol. The van der Waals surface area contributed by atoms with Crippen LogP contribution in [0.3, 0.4) is 0 Å². The van der Waals surface area contributed by atoms with Crippen LogP contribution in [-0.4, -0.2) is 43.0 Å². The molecule has 2 aromatic rings. The van der Waals surface area contributed by atoms with Crippen LogP contribution in [0.15, 0.2) is 24.3 Å². The van der Waals surface area contributed by atoms with Gasteiger partial charge in [-0.15, -0.1) is 11.3 Å². The molecule has 3 N–H and O–H groups in total. The van der Waals surface area contributed by atoms with Gasteiger partial charge in [0.25, 0.3) is 5.91 Å². The lowest BCUT2D eigenvalue weighted by Crippen LogP contribution is -3.11. The predicted octanol–water partition coefficient (Wildman–Crippen LogP) is 0.659. The first-order chi connectivity index (χ1) is 12.2. The summed E-state index contributed by atoms with van der Waals surface area (Å²) in [6.45, 7) is 4.05. The van der Waals surface area contributed by atoms with Crippen molar-refractivity contribution in [3.05, 3.63) is 29.3 Å². The summed E-state index contributed by atoms with van der Waals surface area (Å²) in [5.74, 6) is -0.205. The number of thiazole rings is 1. The number of carbonyl (C=O) groups is 2. The molecule has 7 heteroatoms. The van der Waals surface area contributed by atoms with Gasteiger partial charge in [-0.1, -0.05) is 19.1 Å². The van der Waals surface area contributed by atoms with Gasteiger partial charge in [-0.2, -0.15) is 0 Å². The zero-order valence-electron chi connectivity index (χ0n) is 14.5. The normalized spacial score (nSPS) is 19.9. The van der Waals surface area contributed by atoms with Crippen molar-refractivity contribution in [2.45, 2.75) is 32.2 Å². The van der Waals surface area contributed by atoms with Gasteiger partial charge in [-0.05, 0) is 18.6 Å². The van der Waals surface area contributed by atoms with Crippen molar-refractivity contribution in [2.24, 2.45) is 0 Å². The number of rotatable bonds is 7. The molecule has 6 nitrogen and oxygen atoms in total. The number of aromatic nitrogens is 1. The Hall–Kier alpha value is -1.99. The molecule has 0 saturated carbocycles. The summed E-state index contributed by atoms with van der Waals surface area (Å²) >= 11 is 1.72. The summed E-state index contributed by atoms with van der Waals surface area (Å²) < 4.78 is 1.20. The third-order valence-corrected chi connectivity index (χ3v) is 5.65. The molecule has 0 bridgehead atoms. The highest BCUT2D eigenvalue weighted by atomic mass is 32.1. The Kier molecular flexibility index (Phi) is 5.99. The van der Waals surface area contributed by atoms with Gasteiger partial charge >= 0.3 is 0 Å². The molecule has 1 aromatic carbocycles. The van der Waals surface area contributed by atoms with Crippen LogP contribution in [0.4, 0.5) is 0 Å². The summed E-state index contributed by atoms with van der Waals surface area (Å²) in [5, 5.41) is 6.60. The van der Waals surface area contributed by atoms with Gasteiger partial charge in [-0.3, -0.25) is 9.59 Å². The number of para-hydroxylation sites is 1. The van der Waals surface area contributed by atoms with Gasteiger partial charge < -0.3 is 15.5 Å². The maximum Gasteiger partial charge on any atom is 0.275 e. The number of carbonyl (C=O) groups excluding carboxylic acids is 2. The molecule has 1 aliphatic heterocycles. The smallest absolute Gasteiger partial charge is 0.275 e. The number of nitrogens with one attached hydrogen (secondary N) is 3. The summed E-state index contributed by atoms with van der Waals surface area (Å²) in [6, 6.07) is 8.43. The number of quaternary nitrogens is 1. The summed E-state index contributed by atoms with van der Waals surface area (Å²) in [4.78, 5) is 29.8. The molecule has 0 aliphatic carbocycles. The minimum absolute atomic E-state index is 0.0535. The van der Waals surface area contributed by atoms with Crippen LogP contribution in [0.2, 0.25) is 0 Å². The Balaban J connectivity index is 1.56. The van der Waals surface area contributed by atoms with Crippen molar-refractivity contribution >= 4 is 33.4 Å². The molecular formula is C18H25N4O2S+. The monoisotopic (exact) mass is 361 g/mol. The van der Waals surface area contributed by atoms with Crippen molar-refractivity contribution < 1.29 is 14.5 Å². The lowest BCUT2D eigenvalue weighted by Gasteiger charge is -2.19. The van der Waals surface area contributed by atoms with E-state index in [9.17, 15) is 9.59 Å². The fraction of sp³-hybridized carbons (Fsp3) is 0.500. The summed E-state index contributed by atoms with van der Waals surface area (Å²) in [5.41, 5.74) is 1.03. The first-order valence-corrected chi connectivity index (χ1v) is 9.72. The number of fused-ring (bicyclic) bond motifs is 1. The molecule has 1 aromatic heterocycles. The average Bonchev–Trinajstić information content (AvgIpc) is 3.24. The van der Waals surface area contributed by atoms with E-state index in [1.807, 2.05) is 25.1 Å². The van der Waals surface area contributed by atoms with E-state index in [1.54, 1.807) is 11.3 Å². The number of hydrogen-bond donors (Lipinski definition) is 3. The van der Waals surface area contributed by atoms with E-state index < -0.39 is 0 Å². The molecule has 2 heterocycles. The van der Waals surface area contributed by atoms with Gasteiger partial charge in [-0.25, -0.2) is 4.98 Å². The third-order valence-electron chi connectivity index (χ3n) is 4.50. The second-order valence-corrected chi connectivity index (χ2v) is 7.49. The van der Waals surface area contributed by atoms with E-state index in [4.69, 9.17) is 4.98 Å². The van der Waals surface area contributed by atoms with Crippen LogP contribution in [0.25, 0.3) is 10.2 Å². The molecule has 1 fully saturated rings. The fourth-order valence-corrected chi connectivity index (χ4v) is 4.40. The minimum atomic E-state index is -0.130. The molecule has 3 rings (SSSR count). The number of nitrogens with zero attached hydrogens (tertiary/aromatic N) is 1. The van der Waals surface area contributed by atoms with Gasteiger partial charge in [0.15, 0.2) is 11.6 Å². The lowest BCUT2D eigenvalue weighted by atomic mass is 10.2. The molecule has 0 spiro atoms. The highest BCUT2D eigenvalue weighted by Gasteiger charge is 2.33. The van der Waals surface area contributed by atoms with Gasteiger partial charge in [0.2, 0.25) is 5.91 Å². The highest BCUT2D eigenvalue weighted by molar-refractivity contribution is 7.18. The fourth-order valence-electron chi connectivity index (χ4n) is 3.23. The molecule has 25 heavy (non-hydrogen) atoms. The van der Waals surface area contributed by atoms with Gasteiger partial charge in [0.05, 0.1) is 23.3 Å². The highest BCUT2D eigenvalue weighted by Crippen LogP contribution is 2.28. The maximum absolute atomic E-state index is 12.2. The van der Waals surface area contributed by atoms with Gasteiger partial charge in [0, 0.05) is 19.4 Å². The van der Waals surface area contributed by atoms with Gasteiger partial charge in [0.1, 0.15) is 6.04 Å². The summed E-state index contributed by atoms with van der Waals surface area (Å²) in [6.07, 6.45) is 3.04. The third kappa shape index (κ3) is 4.55. The zero-order valence-corrected chi connectivity index (χ0v) is 15.3. The van der Waals surface area contributed by atoms with E-state index in [0.717, 1.165) is 36.3 Å². The molecule has 1 aliphatic rings. The van der Waals surface area contributed by atoms with Crippen LogP contribution in [-0.2, 0) is 9.59 Å². The van der Waals surface area contributed by atoms with Crippen LogP contribution in [0.5, 0.6) is 0 Å². The molecule has 1 unspecified atom stereocenters. The Morgan fingerprint density at radius 2 is 2.12 bits per heavy atom. The second kappa shape index (κ2) is 8.40. The van der Waals surface area contributed by atoms with E-state index in [1.165, 1.54) is 9.60 Å². The van der Waals surface area contributed by atoms with E-state index >= 15 is 0 Å². The van der Waals surface area contributed by atoms with Crippen molar-refractivity contribution in [1.82, 2.24) is 15.6 Å². The first kappa shape index (κ1) is 17.8. The zero-order chi connectivity index (χ0) is 17.6. The topological polar surface area (TPSA) is 75.5 Å². The van der Waals surface area contributed by atoms with Crippen LogP contribution in [0.1, 0.15) is 37.2 Å². The predicted molar refractivity (Wildman–Crippen MR) is 98.6 cm³/mol. The number of likely N-dealkylation sites (tertiary alicyclic amines) is 1. The van der Waals surface area contributed by atoms with Crippen molar-refractivity contribution in [1.29, 1.82) is 0 Å². The van der Waals surface area contributed by atoms with Crippen molar-refractivity contribution in [2.75, 3.05) is 26.2 Å². The first-order valence-electron chi connectivity index (χ1n) is 8.91. The Labute approximate surface area is 151 Å². The van der Waals surface area contributed by atoms with Crippen LogP contribution < -0.4 is 15.5 Å². The largest absolute Gasteiger partial charge is 0.355 e. The quantitative estimate of drug-likeness (QED) is 0.678. The van der Waals surface area contributed by atoms with E-state index in [-0.39, 0.29) is 24.4 Å². The molecule has 2 amide bonds. The van der Waals surface area contributed by atoms with Crippen LogP contribution in [0, 0.1) is 0 Å². The maximum atomic E-state index is 12.2. The van der Waals surface area contributed by atoms with Crippen LogP contribution >= 0.6 is 11.3 Å². The average molecular weight is 361 g/mol. The number of benzene rings is 1. The van der Waals surface area contributed by atoms with E-state index in [2.05, 4.69) is 16.7 Å². The summed E-state index contributed by atoms with van der Waals surface area (Å²) in [7, 11) is 0. The Morgan fingerprint density at radius 3 is 2.92 bits per heavy atom. The molecule has 1 saturated heterocycles. The Bertz CT molecular complexity index is 713. The second-order valence-electron chi connectivity index (χ2n) is 6.43. The minimum Gasteiger partial charge on any atom is -0.355 e. The number of amides is 2. The molecule has 134 valence electrons. The number of hydrogen-bond acceptors (Lipinski definition) is 4. The van der Waals surface area contributed by atoms with Crippen molar-refractivity contribution in [3.63, 3.8) is 0 Å². The SMILES string of the molecule is CCCNC(=O)CNC(=O)C[NH+]1CCC[C@H]1c1nc2ccccc2s1. The van der Waals surface area contributed by atoms with Crippen molar-refractivity contribution in [3.8, 4) is 0 Å². The molecule has 0 radical (unpaired) electrons. The lowest BCUT2D eigenvalue weighted by molar-refractivity contribution is -0.910. The standard InChI is InChI=1S/C18H24N4O2S/c1-2-9-19-16(23)11-20-17(24)12-22-10-5-7-14(22)18-21-13-6-3-4-8-15(13)25-18/h3-4,6,8,14H,2,5,7,9-12H2,1H3,(H,19,23)(H,20,24)/p+1/t14-/m0/s1. The Morgan fingerprint density at radius 1 is 1.28 bits per heavy atom. The van der Waals surface area contributed by atoms with E-state index in [0.29, 0.717) is 13.1 Å². The molecule has 2 atom stereocenters.